The maximum absolute atomic E-state index is 13.5. The average Bonchev–Trinajstić information content (AvgIpc) is 2.98. The molecule has 0 aliphatic carbocycles. The number of fused-ring (bicyclic) bond motifs is 1. The molecule has 3 rings (SSSR count). The van der Waals surface area contributed by atoms with Crippen molar-refractivity contribution >= 4 is 43.2 Å². The molecule has 0 spiro atoms. The Balaban J connectivity index is 1.79. The highest BCUT2D eigenvalue weighted by Crippen LogP contribution is 2.18. The number of rotatable bonds is 6. The first-order valence-electron chi connectivity index (χ1n) is 8.82. The van der Waals surface area contributed by atoms with E-state index >= 15 is 0 Å². The van der Waals surface area contributed by atoms with Crippen molar-refractivity contribution in [1.29, 1.82) is 0 Å². The van der Waals surface area contributed by atoms with Gasteiger partial charge in [0.1, 0.15) is 17.3 Å². The molecule has 1 aromatic carbocycles. The highest BCUT2D eigenvalue weighted by Gasteiger charge is 2.25. The third-order valence-electron chi connectivity index (χ3n) is 4.23. The Bertz CT molecular complexity index is 1110. The molecular formula is C18H20FN3O5S2. The van der Waals surface area contributed by atoms with Gasteiger partial charge in [-0.25, -0.2) is 12.8 Å². The summed E-state index contributed by atoms with van der Waals surface area (Å²) >= 11 is 1.07. The highest BCUT2D eigenvalue weighted by molar-refractivity contribution is 7.92. The highest BCUT2D eigenvalue weighted by atomic mass is 32.2. The van der Waals surface area contributed by atoms with E-state index in [2.05, 4.69) is 11.6 Å². The van der Waals surface area contributed by atoms with Crippen molar-refractivity contribution in [1.82, 2.24) is 9.47 Å². The van der Waals surface area contributed by atoms with Gasteiger partial charge < -0.3 is 14.2 Å². The summed E-state index contributed by atoms with van der Waals surface area (Å²) in [5.41, 5.74) is 0.660. The molecule has 2 aromatic rings. The third kappa shape index (κ3) is 5.37. The Morgan fingerprint density at radius 1 is 1.28 bits per heavy atom. The van der Waals surface area contributed by atoms with Crippen molar-refractivity contribution in [2.45, 2.75) is 6.54 Å². The Morgan fingerprint density at radius 2 is 2.00 bits per heavy atom. The zero-order chi connectivity index (χ0) is 21.0. The third-order valence-corrected chi connectivity index (χ3v) is 6.64. The van der Waals surface area contributed by atoms with E-state index in [-0.39, 0.29) is 4.80 Å². The molecule has 156 valence electrons. The Kier molecular flexibility index (Phi) is 6.60. The van der Waals surface area contributed by atoms with Crippen molar-refractivity contribution in [3.05, 3.63) is 41.5 Å². The van der Waals surface area contributed by atoms with Crippen LogP contribution in [0.3, 0.4) is 0 Å². The predicted molar refractivity (Wildman–Crippen MR) is 107 cm³/mol. The minimum Gasteiger partial charge on any atom is -0.378 e. The van der Waals surface area contributed by atoms with Gasteiger partial charge in [-0.05, 0) is 18.2 Å². The number of amides is 2. The number of hydrogen-bond donors (Lipinski definition) is 0. The number of nitrogens with zero attached hydrogens (tertiary/aromatic N) is 3. The number of carbonyl (C=O) groups excluding carboxylic acids is 2. The fraction of sp³-hybridized carbons (Fsp3) is 0.389. The summed E-state index contributed by atoms with van der Waals surface area (Å²) < 4.78 is 45.4. The van der Waals surface area contributed by atoms with Crippen molar-refractivity contribution < 1.29 is 27.1 Å². The van der Waals surface area contributed by atoms with E-state index in [1.54, 1.807) is 16.7 Å². The first-order valence-corrected chi connectivity index (χ1v) is 11.5. The summed E-state index contributed by atoms with van der Waals surface area (Å²) in [6.45, 7) is 5.34. The second kappa shape index (κ2) is 8.97. The van der Waals surface area contributed by atoms with Crippen LogP contribution in [0.15, 0.2) is 35.8 Å². The number of thiazole rings is 1. The zero-order valence-electron chi connectivity index (χ0n) is 15.5. The number of hydrogen-bond acceptors (Lipinski definition) is 6. The molecule has 0 unspecified atom stereocenters. The van der Waals surface area contributed by atoms with Crippen LogP contribution in [-0.2, 0) is 30.7 Å². The Morgan fingerprint density at radius 3 is 2.69 bits per heavy atom. The standard InChI is InChI=1S/C18H20FN3O5S2/c1-2-5-22-14-4-3-13(19)10-15(14)28-18(22)20-16(23)11-29(25,26)12-17(24)21-6-8-27-9-7-21/h2-4,10H,1,5-9,11-12H2. The van der Waals surface area contributed by atoms with Gasteiger partial charge in [0, 0.05) is 19.6 Å². The van der Waals surface area contributed by atoms with E-state index < -0.39 is 39.0 Å². The predicted octanol–water partition coefficient (Wildman–Crippen LogP) is 0.729. The number of carbonyl (C=O) groups is 2. The van der Waals surface area contributed by atoms with Gasteiger partial charge in [0.2, 0.25) is 5.91 Å². The summed E-state index contributed by atoms with van der Waals surface area (Å²) in [4.78, 5) is 30.0. The van der Waals surface area contributed by atoms with Gasteiger partial charge in [-0.2, -0.15) is 4.99 Å². The van der Waals surface area contributed by atoms with Gasteiger partial charge in [0.15, 0.2) is 14.6 Å². The molecule has 0 atom stereocenters. The van der Waals surface area contributed by atoms with E-state index in [0.29, 0.717) is 43.1 Å². The summed E-state index contributed by atoms with van der Waals surface area (Å²) in [5, 5.41) is 0. The van der Waals surface area contributed by atoms with Crippen LogP contribution in [0.4, 0.5) is 4.39 Å². The van der Waals surface area contributed by atoms with Crippen LogP contribution in [0, 0.1) is 5.82 Å². The molecule has 29 heavy (non-hydrogen) atoms. The number of benzene rings is 1. The van der Waals surface area contributed by atoms with Gasteiger partial charge in [-0.3, -0.25) is 9.59 Å². The molecular weight excluding hydrogens is 421 g/mol. The van der Waals surface area contributed by atoms with Gasteiger partial charge in [-0.15, -0.1) is 6.58 Å². The van der Waals surface area contributed by atoms with Crippen LogP contribution in [0.1, 0.15) is 0 Å². The van der Waals surface area contributed by atoms with Gasteiger partial charge in [0.05, 0.1) is 23.4 Å². The monoisotopic (exact) mass is 441 g/mol. The molecule has 1 aliphatic heterocycles. The lowest BCUT2D eigenvalue weighted by molar-refractivity contribution is -0.132. The van der Waals surface area contributed by atoms with Crippen molar-refractivity contribution in [2.24, 2.45) is 4.99 Å². The van der Waals surface area contributed by atoms with E-state index in [0.717, 1.165) is 11.3 Å². The number of morpholine rings is 1. The first-order chi connectivity index (χ1) is 13.8. The van der Waals surface area contributed by atoms with Gasteiger partial charge in [0.25, 0.3) is 5.91 Å². The molecule has 0 bridgehead atoms. The minimum absolute atomic E-state index is 0.241. The number of sulfone groups is 1. The van der Waals surface area contributed by atoms with Crippen molar-refractivity contribution in [3.63, 3.8) is 0 Å². The second-order valence-corrected chi connectivity index (χ2v) is 9.50. The number of allylic oxidation sites excluding steroid dienone is 1. The number of aromatic nitrogens is 1. The molecule has 1 fully saturated rings. The molecule has 11 heteroatoms. The molecule has 0 saturated carbocycles. The van der Waals surface area contributed by atoms with E-state index in [1.165, 1.54) is 17.0 Å². The smallest absolute Gasteiger partial charge is 0.263 e. The fourth-order valence-corrected chi connectivity index (χ4v) is 5.09. The topological polar surface area (TPSA) is 98.0 Å². The lowest BCUT2D eigenvalue weighted by atomic mass is 10.3. The first kappa shape index (κ1) is 21.3. The molecule has 8 nitrogen and oxygen atoms in total. The summed E-state index contributed by atoms with van der Waals surface area (Å²) in [7, 11) is -3.97. The van der Waals surface area contributed by atoms with Crippen LogP contribution >= 0.6 is 11.3 Å². The Labute approximate surface area is 170 Å². The van der Waals surface area contributed by atoms with Crippen LogP contribution in [0.5, 0.6) is 0 Å². The SMILES string of the molecule is C=CCn1c(=NC(=O)CS(=O)(=O)CC(=O)N2CCOCC2)sc2cc(F)ccc21. The van der Waals surface area contributed by atoms with Gasteiger partial charge in [-0.1, -0.05) is 17.4 Å². The average molecular weight is 442 g/mol. The quantitative estimate of drug-likeness (QED) is 0.616. The molecule has 2 amide bonds. The van der Waals surface area contributed by atoms with Crippen LogP contribution in [-0.4, -0.2) is 67.5 Å². The lowest BCUT2D eigenvalue weighted by Crippen LogP contribution is -2.43. The molecule has 2 heterocycles. The fourth-order valence-electron chi connectivity index (χ4n) is 2.91. The number of halogens is 1. The minimum atomic E-state index is -3.97. The maximum Gasteiger partial charge on any atom is 0.263 e. The molecule has 1 saturated heterocycles. The van der Waals surface area contributed by atoms with Crippen LogP contribution in [0.2, 0.25) is 0 Å². The lowest BCUT2D eigenvalue weighted by Gasteiger charge is -2.26. The summed E-state index contributed by atoms with van der Waals surface area (Å²) in [6, 6.07) is 4.18. The van der Waals surface area contributed by atoms with E-state index in [1.807, 2.05) is 0 Å². The molecule has 0 N–H and O–H groups in total. The molecule has 1 aromatic heterocycles. The van der Waals surface area contributed by atoms with E-state index in [9.17, 15) is 22.4 Å². The van der Waals surface area contributed by atoms with E-state index in [4.69, 9.17) is 4.74 Å². The molecule has 1 aliphatic rings. The van der Waals surface area contributed by atoms with Crippen molar-refractivity contribution in [2.75, 3.05) is 37.8 Å². The largest absolute Gasteiger partial charge is 0.378 e. The zero-order valence-corrected chi connectivity index (χ0v) is 17.2. The van der Waals surface area contributed by atoms with Gasteiger partial charge >= 0.3 is 0 Å². The Hall–Kier alpha value is -2.37. The second-order valence-electron chi connectivity index (χ2n) is 6.43. The van der Waals surface area contributed by atoms with Crippen LogP contribution in [0.25, 0.3) is 10.2 Å². The summed E-state index contributed by atoms with van der Waals surface area (Å²) in [5.74, 6) is -3.49. The maximum atomic E-state index is 13.5. The van der Waals surface area contributed by atoms with Crippen LogP contribution < -0.4 is 4.80 Å². The molecule has 0 radical (unpaired) electrons. The normalized spacial score (nSPS) is 15.6. The number of ether oxygens (including phenoxy) is 1. The summed E-state index contributed by atoms with van der Waals surface area (Å²) in [6.07, 6.45) is 1.59. The van der Waals surface area contributed by atoms with Crippen molar-refractivity contribution in [3.8, 4) is 0 Å².